The molecular formula is C15H21N3O. The van der Waals surface area contributed by atoms with Crippen molar-refractivity contribution in [2.75, 3.05) is 17.2 Å². The average Bonchev–Trinajstić information content (AvgIpc) is 2.91. The Morgan fingerprint density at radius 1 is 1.21 bits per heavy atom. The lowest BCUT2D eigenvalue weighted by Gasteiger charge is -2.19. The molecule has 19 heavy (non-hydrogen) atoms. The van der Waals surface area contributed by atoms with Crippen molar-refractivity contribution in [1.82, 2.24) is 5.32 Å². The second kappa shape index (κ2) is 5.51. The lowest BCUT2D eigenvalue weighted by molar-refractivity contribution is 0.248. The van der Waals surface area contributed by atoms with Gasteiger partial charge in [0.15, 0.2) is 0 Å². The number of hydrogen-bond donors (Lipinski definition) is 3. The van der Waals surface area contributed by atoms with E-state index in [-0.39, 0.29) is 6.03 Å². The molecule has 0 spiro atoms. The van der Waals surface area contributed by atoms with Gasteiger partial charge in [0, 0.05) is 24.0 Å². The Kier molecular flexibility index (Phi) is 3.58. The monoisotopic (exact) mass is 259 g/mol. The van der Waals surface area contributed by atoms with Gasteiger partial charge in [-0.3, -0.25) is 0 Å². The van der Waals surface area contributed by atoms with E-state index >= 15 is 0 Å². The summed E-state index contributed by atoms with van der Waals surface area (Å²) in [7, 11) is 0. The maximum Gasteiger partial charge on any atom is 0.319 e. The third kappa shape index (κ3) is 3.00. The molecule has 1 saturated carbocycles. The van der Waals surface area contributed by atoms with E-state index in [0.29, 0.717) is 6.04 Å². The van der Waals surface area contributed by atoms with Gasteiger partial charge in [-0.1, -0.05) is 18.9 Å². The second-order valence-corrected chi connectivity index (χ2v) is 5.48. The van der Waals surface area contributed by atoms with E-state index in [2.05, 4.69) is 22.0 Å². The van der Waals surface area contributed by atoms with Gasteiger partial charge in [-0.15, -0.1) is 0 Å². The number of urea groups is 1. The standard InChI is InChI=1S/C15H21N3O/c19-15(17-12-5-1-2-6-12)18-13-8-7-11-4-3-9-16-14(11)10-13/h7-8,10,12,16H,1-6,9H2,(H2,17,18,19). The van der Waals surface area contributed by atoms with E-state index in [1.165, 1.54) is 24.8 Å². The molecule has 2 aliphatic rings. The van der Waals surface area contributed by atoms with Crippen LogP contribution >= 0.6 is 0 Å². The summed E-state index contributed by atoms with van der Waals surface area (Å²) in [6, 6.07) is 6.40. The minimum Gasteiger partial charge on any atom is -0.385 e. The molecule has 1 fully saturated rings. The number of rotatable bonds is 2. The molecule has 1 aromatic carbocycles. The predicted octanol–water partition coefficient (Wildman–Crippen LogP) is 3.11. The first-order chi connectivity index (χ1) is 9.31. The summed E-state index contributed by atoms with van der Waals surface area (Å²) in [5.41, 5.74) is 3.36. The highest BCUT2D eigenvalue weighted by Gasteiger charge is 2.17. The minimum absolute atomic E-state index is 0.0809. The Morgan fingerprint density at radius 2 is 2.05 bits per heavy atom. The van der Waals surface area contributed by atoms with Crippen molar-refractivity contribution in [3.63, 3.8) is 0 Å². The third-order valence-electron chi connectivity index (χ3n) is 4.00. The first-order valence-electron chi connectivity index (χ1n) is 7.25. The fourth-order valence-corrected chi connectivity index (χ4v) is 2.96. The third-order valence-corrected chi connectivity index (χ3v) is 4.00. The van der Waals surface area contributed by atoms with Crippen molar-refractivity contribution in [2.45, 2.75) is 44.6 Å². The van der Waals surface area contributed by atoms with E-state index in [0.717, 1.165) is 37.2 Å². The lowest BCUT2D eigenvalue weighted by atomic mass is 10.0. The van der Waals surface area contributed by atoms with Crippen LogP contribution in [0.4, 0.5) is 16.2 Å². The molecule has 1 aromatic rings. The van der Waals surface area contributed by atoms with Gasteiger partial charge in [0.05, 0.1) is 0 Å². The molecule has 102 valence electrons. The summed E-state index contributed by atoms with van der Waals surface area (Å²) < 4.78 is 0. The van der Waals surface area contributed by atoms with E-state index in [9.17, 15) is 4.79 Å². The molecule has 1 aliphatic carbocycles. The first kappa shape index (κ1) is 12.3. The quantitative estimate of drug-likeness (QED) is 0.764. The summed E-state index contributed by atoms with van der Waals surface area (Å²) in [5, 5.41) is 9.34. The lowest BCUT2D eigenvalue weighted by Crippen LogP contribution is -2.36. The maximum atomic E-state index is 11.9. The molecule has 1 aliphatic heterocycles. The highest BCUT2D eigenvalue weighted by Crippen LogP contribution is 2.25. The molecule has 0 aromatic heterocycles. The normalized spacial score (nSPS) is 18.5. The number of hydrogen-bond acceptors (Lipinski definition) is 2. The van der Waals surface area contributed by atoms with Crippen LogP contribution in [0.2, 0.25) is 0 Å². The van der Waals surface area contributed by atoms with Crippen LogP contribution < -0.4 is 16.0 Å². The summed E-state index contributed by atoms with van der Waals surface area (Å²) in [5.74, 6) is 0. The van der Waals surface area contributed by atoms with Gasteiger partial charge in [-0.25, -0.2) is 4.79 Å². The van der Waals surface area contributed by atoms with E-state index < -0.39 is 0 Å². The number of benzene rings is 1. The number of anilines is 2. The Bertz CT molecular complexity index is 466. The van der Waals surface area contributed by atoms with Crippen LogP contribution in [0.3, 0.4) is 0 Å². The zero-order valence-electron chi connectivity index (χ0n) is 11.2. The van der Waals surface area contributed by atoms with Crippen molar-refractivity contribution in [1.29, 1.82) is 0 Å². The van der Waals surface area contributed by atoms with Gasteiger partial charge in [0.25, 0.3) is 0 Å². The van der Waals surface area contributed by atoms with Gasteiger partial charge >= 0.3 is 6.03 Å². The fourth-order valence-electron chi connectivity index (χ4n) is 2.96. The van der Waals surface area contributed by atoms with Crippen LogP contribution in [0, 0.1) is 0 Å². The molecule has 2 amide bonds. The second-order valence-electron chi connectivity index (χ2n) is 5.48. The smallest absolute Gasteiger partial charge is 0.319 e. The van der Waals surface area contributed by atoms with Crippen LogP contribution in [0.25, 0.3) is 0 Å². The molecule has 0 atom stereocenters. The Hall–Kier alpha value is -1.71. The molecule has 4 heteroatoms. The summed E-state index contributed by atoms with van der Waals surface area (Å²) in [6.07, 6.45) is 6.98. The Morgan fingerprint density at radius 3 is 2.89 bits per heavy atom. The molecule has 0 radical (unpaired) electrons. The number of carbonyl (C=O) groups excluding carboxylic acids is 1. The SMILES string of the molecule is O=C(Nc1ccc2c(c1)NCCC2)NC1CCCC1. The summed E-state index contributed by atoms with van der Waals surface area (Å²) in [4.78, 5) is 11.9. The molecule has 4 nitrogen and oxygen atoms in total. The van der Waals surface area contributed by atoms with E-state index in [4.69, 9.17) is 0 Å². The molecular weight excluding hydrogens is 238 g/mol. The summed E-state index contributed by atoms with van der Waals surface area (Å²) in [6.45, 7) is 1.02. The zero-order valence-corrected chi connectivity index (χ0v) is 11.2. The van der Waals surface area contributed by atoms with Crippen molar-refractivity contribution in [3.05, 3.63) is 23.8 Å². The van der Waals surface area contributed by atoms with Crippen molar-refractivity contribution in [2.24, 2.45) is 0 Å². The van der Waals surface area contributed by atoms with Gasteiger partial charge < -0.3 is 16.0 Å². The average molecular weight is 259 g/mol. The summed E-state index contributed by atoms with van der Waals surface area (Å²) >= 11 is 0. The molecule has 1 heterocycles. The van der Waals surface area contributed by atoms with Gasteiger partial charge in [-0.05, 0) is 43.4 Å². The topological polar surface area (TPSA) is 53.2 Å². The zero-order chi connectivity index (χ0) is 13.1. The fraction of sp³-hybridized carbons (Fsp3) is 0.533. The number of fused-ring (bicyclic) bond motifs is 1. The molecule has 0 bridgehead atoms. The Balaban J connectivity index is 1.61. The van der Waals surface area contributed by atoms with Crippen LogP contribution in [-0.2, 0) is 6.42 Å². The molecule has 3 N–H and O–H groups in total. The largest absolute Gasteiger partial charge is 0.385 e. The molecule has 0 saturated heterocycles. The van der Waals surface area contributed by atoms with Crippen LogP contribution in [0.1, 0.15) is 37.7 Å². The van der Waals surface area contributed by atoms with Gasteiger partial charge in [0.2, 0.25) is 0 Å². The number of amides is 2. The highest BCUT2D eigenvalue weighted by molar-refractivity contribution is 5.90. The van der Waals surface area contributed by atoms with Crippen LogP contribution in [0.15, 0.2) is 18.2 Å². The number of aryl methyl sites for hydroxylation is 1. The maximum absolute atomic E-state index is 11.9. The number of nitrogens with one attached hydrogen (secondary N) is 3. The molecule has 3 rings (SSSR count). The van der Waals surface area contributed by atoms with Crippen LogP contribution in [-0.4, -0.2) is 18.6 Å². The molecule has 0 unspecified atom stereocenters. The van der Waals surface area contributed by atoms with Crippen LogP contribution in [0.5, 0.6) is 0 Å². The van der Waals surface area contributed by atoms with Crippen molar-refractivity contribution in [3.8, 4) is 0 Å². The van der Waals surface area contributed by atoms with E-state index in [1.807, 2.05) is 12.1 Å². The predicted molar refractivity (Wildman–Crippen MR) is 77.7 cm³/mol. The van der Waals surface area contributed by atoms with Gasteiger partial charge in [0.1, 0.15) is 0 Å². The Labute approximate surface area is 114 Å². The number of carbonyl (C=O) groups is 1. The highest BCUT2D eigenvalue weighted by atomic mass is 16.2. The van der Waals surface area contributed by atoms with Crippen molar-refractivity contribution >= 4 is 17.4 Å². The van der Waals surface area contributed by atoms with Crippen molar-refractivity contribution < 1.29 is 4.79 Å². The van der Waals surface area contributed by atoms with E-state index in [1.54, 1.807) is 0 Å². The minimum atomic E-state index is -0.0809. The first-order valence-corrected chi connectivity index (χ1v) is 7.25. The van der Waals surface area contributed by atoms with Gasteiger partial charge in [-0.2, -0.15) is 0 Å².